The summed E-state index contributed by atoms with van der Waals surface area (Å²) in [5.41, 5.74) is 0.665. The number of benzene rings is 1. The molecule has 0 unspecified atom stereocenters. The van der Waals surface area contributed by atoms with E-state index in [0.29, 0.717) is 6.61 Å². The number of rotatable bonds is 5. The summed E-state index contributed by atoms with van der Waals surface area (Å²) in [6.07, 6.45) is 2.50. The lowest BCUT2D eigenvalue weighted by Gasteiger charge is -2.41. The molecule has 0 bridgehead atoms. The van der Waals surface area contributed by atoms with Gasteiger partial charge in [-0.05, 0) is 62.1 Å². The van der Waals surface area contributed by atoms with Crippen LogP contribution >= 0.6 is 0 Å². The summed E-state index contributed by atoms with van der Waals surface area (Å²) >= 11 is 0. The molecule has 116 valence electrons. The summed E-state index contributed by atoms with van der Waals surface area (Å²) in [7, 11) is 0. The van der Waals surface area contributed by atoms with E-state index in [1.54, 1.807) is 12.1 Å². The maximum Gasteiger partial charge on any atom is 0.123 e. The lowest BCUT2D eigenvalue weighted by molar-refractivity contribution is -0.306. The second kappa shape index (κ2) is 6.56. The summed E-state index contributed by atoms with van der Waals surface area (Å²) < 4.78 is 18.9. The van der Waals surface area contributed by atoms with Crippen LogP contribution < -0.4 is 5.11 Å². The smallest absolute Gasteiger partial charge is 0.123 e. The molecular weight excluding hydrogens is 271 g/mol. The van der Waals surface area contributed by atoms with Crippen molar-refractivity contribution in [2.75, 3.05) is 6.61 Å². The fourth-order valence-corrected chi connectivity index (χ4v) is 3.21. The predicted molar refractivity (Wildman–Crippen MR) is 76.1 cm³/mol. The Kier molecular flexibility index (Phi) is 4.99. The van der Waals surface area contributed by atoms with Gasteiger partial charge in [0.05, 0.1) is 5.60 Å². The fraction of sp³-hybridized carbons (Fsp3) is 0.588. The molecule has 0 spiro atoms. The topological polar surface area (TPSA) is 49.4 Å². The van der Waals surface area contributed by atoms with Gasteiger partial charge in [-0.2, -0.15) is 0 Å². The number of ether oxygens (including phenoxy) is 1. The van der Waals surface area contributed by atoms with Crippen LogP contribution in [0.4, 0.5) is 4.39 Å². The summed E-state index contributed by atoms with van der Waals surface area (Å²) in [4.78, 5) is 11.1. The van der Waals surface area contributed by atoms with Gasteiger partial charge in [-0.1, -0.05) is 19.1 Å². The number of aliphatic carboxylic acids is 1. The summed E-state index contributed by atoms with van der Waals surface area (Å²) in [6.45, 7) is 4.79. The number of carbonyl (C=O) groups excluding carboxylic acids is 1. The van der Waals surface area contributed by atoms with Crippen LogP contribution in [0.3, 0.4) is 0 Å². The zero-order chi connectivity index (χ0) is 15.5. The van der Waals surface area contributed by atoms with Crippen molar-refractivity contribution in [2.45, 2.75) is 51.0 Å². The first-order valence-electron chi connectivity index (χ1n) is 7.53. The van der Waals surface area contributed by atoms with E-state index in [0.717, 1.165) is 24.8 Å². The van der Waals surface area contributed by atoms with Crippen LogP contribution in [0.5, 0.6) is 0 Å². The van der Waals surface area contributed by atoms with Gasteiger partial charge in [-0.15, -0.1) is 0 Å². The second-order valence-electron chi connectivity index (χ2n) is 6.14. The van der Waals surface area contributed by atoms with E-state index >= 15 is 0 Å². The molecule has 1 heterocycles. The third-order valence-electron chi connectivity index (χ3n) is 4.63. The first-order valence-corrected chi connectivity index (χ1v) is 7.53. The summed E-state index contributed by atoms with van der Waals surface area (Å²) in [6, 6.07) is 6.13. The van der Waals surface area contributed by atoms with Crippen molar-refractivity contribution in [2.24, 2.45) is 5.92 Å². The van der Waals surface area contributed by atoms with Gasteiger partial charge in [0.25, 0.3) is 0 Å². The van der Waals surface area contributed by atoms with E-state index in [2.05, 4.69) is 13.8 Å². The molecule has 1 aromatic carbocycles. The first-order chi connectivity index (χ1) is 9.93. The molecule has 2 rings (SSSR count). The molecule has 1 aliphatic rings. The Morgan fingerprint density at radius 1 is 1.48 bits per heavy atom. The van der Waals surface area contributed by atoms with Gasteiger partial charge in [0.1, 0.15) is 5.82 Å². The van der Waals surface area contributed by atoms with Gasteiger partial charge in [0.2, 0.25) is 0 Å². The molecule has 21 heavy (non-hydrogen) atoms. The number of carbonyl (C=O) groups is 1. The van der Waals surface area contributed by atoms with Gasteiger partial charge in [0.15, 0.2) is 0 Å². The third kappa shape index (κ3) is 4.03. The quantitative estimate of drug-likeness (QED) is 0.838. The minimum Gasteiger partial charge on any atom is -0.550 e. The summed E-state index contributed by atoms with van der Waals surface area (Å²) in [5, 5.41) is 11.1. The van der Waals surface area contributed by atoms with Gasteiger partial charge in [-0.25, -0.2) is 4.39 Å². The lowest BCUT2D eigenvalue weighted by Crippen LogP contribution is -2.39. The number of halogens is 1. The van der Waals surface area contributed by atoms with Crippen molar-refractivity contribution in [1.82, 2.24) is 0 Å². The van der Waals surface area contributed by atoms with E-state index in [9.17, 15) is 14.3 Å². The number of carboxylic acids is 1. The predicted octanol–water partition coefficient (Wildman–Crippen LogP) is 2.64. The van der Waals surface area contributed by atoms with Crippen LogP contribution in [-0.4, -0.2) is 18.2 Å². The van der Waals surface area contributed by atoms with E-state index in [1.807, 2.05) is 0 Å². The number of hydrogen-bond acceptors (Lipinski definition) is 3. The standard InChI is InChI=1S/C17H23FO3/c1-3-17(2)11-13(8-9-21-17)15(10-16(19)20)12-4-6-14(18)7-5-12/h4-7,13,15H,3,8-11H2,1-2H3,(H,19,20)/p-1/t13-,15-,17-/m0/s1. The van der Waals surface area contributed by atoms with Crippen molar-refractivity contribution in [3.63, 3.8) is 0 Å². The average molecular weight is 293 g/mol. The maximum absolute atomic E-state index is 13.1. The Morgan fingerprint density at radius 2 is 2.14 bits per heavy atom. The minimum absolute atomic E-state index is 0.0317. The Bertz CT molecular complexity index is 485. The van der Waals surface area contributed by atoms with Crippen LogP contribution in [0.25, 0.3) is 0 Å². The highest BCUT2D eigenvalue weighted by Crippen LogP contribution is 2.41. The third-order valence-corrected chi connectivity index (χ3v) is 4.63. The molecule has 4 heteroatoms. The van der Waals surface area contributed by atoms with Gasteiger partial charge < -0.3 is 14.6 Å². The molecule has 1 saturated heterocycles. The van der Waals surface area contributed by atoms with E-state index in [1.165, 1.54) is 12.1 Å². The SMILES string of the molecule is CC[C@@]1(C)C[C@@H]([C@@H](CC(=O)[O-])c2ccc(F)cc2)CCO1. The van der Waals surface area contributed by atoms with Crippen molar-refractivity contribution in [3.05, 3.63) is 35.6 Å². The first kappa shape index (κ1) is 16.0. The van der Waals surface area contributed by atoms with Gasteiger partial charge >= 0.3 is 0 Å². The minimum atomic E-state index is -1.06. The van der Waals surface area contributed by atoms with Crippen LogP contribution in [0.2, 0.25) is 0 Å². The highest BCUT2D eigenvalue weighted by atomic mass is 19.1. The van der Waals surface area contributed by atoms with Crippen molar-refractivity contribution in [1.29, 1.82) is 0 Å². The Balaban J connectivity index is 2.23. The molecule has 0 radical (unpaired) electrons. The molecule has 3 nitrogen and oxygen atoms in total. The van der Waals surface area contributed by atoms with Crippen molar-refractivity contribution >= 4 is 5.97 Å². The summed E-state index contributed by atoms with van der Waals surface area (Å²) in [5.74, 6) is -1.30. The molecule has 0 aromatic heterocycles. The van der Waals surface area contributed by atoms with E-state index in [-0.39, 0.29) is 29.7 Å². The highest BCUT2D eigenvalue weighted by Gasteiger charge is 2.36. The molecule has 3 atom stereocenters. The van der Waals surface area contributed by atoms with Crippen LogP contribution in [0, 0.1) is 11.7 Å². The van der Waals surface area contributed by atoms with Gasteiger partial charge in [0, 0.05) is 12.6 Å². The molecule has 1 fully saturated rings. The van der Waals surface area contributed by atoms with Crippen molar-refractivity contribution in [3.8, 4) is 0 Å². The number of carboxylic acid groups (broad SMARTS) is 1. The fourth-order valence-electron chi connectivity index (χ4n) is 3.21. The zero-order valence-electron chi connectivity index (χ0n) is 12.6. The molecule has 1 aliphatic heterocycles. The molecule has 1 aromatic rings. The van der Waals surface area contributed by atoms with E-state index < -0.39 is 5.97 Å². The van der Waals surface area contributed by atoms with Crippen LogP contribution in [-0.2, 0) is 9.53 Å². The Labute approximate surface area is 125 Å². The number of hydrogen-bond donors (Lipinski definition) is 0. The average Bonchev–Trinajstić information content (AvgIpc) is 2.46. The molecule has 0 aliphatic carbocycles. The molecular formula is C17H22FO3-. The molecule has 0 N–H and O–H groups in total. The maximum atomic E-state index is 13.1. The molecule has 0 saturated carbocycles. The monoisotopic (exact) mass is 293 g/mol. The zero-order valence-corrected chi connectivity index (χ0v) is 12.6. The van der Waals surface area contributed by atoms with E-state index in [4.69, 9.17) is 4.74 Å². The largest absolute Gasteiger partial charge is 0.550 e. The van der Waals surface area contributed by atoms with Gasteiger partial charge in [-0.3, -0.25) is 0 Å². The van der Waals surface area contributed by atoms with Crippen molar-refractivity contribution < 1.29 is 19.0 Å². The Morgan fingerprint density at radius 3 is 2.71 bits per heavy atom. The normalized spacial score (nSPS) is 27.3. The second-order valence-corrected chi connectivity index (χ2v) is 6.14. The van der Waals surface area contributed by atoms with Crippen LogP contribution in [0.1, 0.15) is 51.0 Å². The Hall–Kier alpha value is -1.42. The van der Waals surface area contributed by atoms with Crippen LogP contribution in [0.15, 0.2) is 24.3 Å². The highest BCUT2D eigenvalue weighted by molar-refractivity contribution is 5.65. The molecule has 0 amide bonds. The lowest BCUT2D eigenvalue weighted by atomic mass is 9.74.